The normalized spacial score (nSPS) is 11.1. The van der Waals surface area contributed by atoms with Crippen LogP contribution in [-0.4, -0.2) is 9.97 Å². The van der Waals surface area contributed by atoms with Crippen LogP contribution in [0.25, 0.3) is 33.1 Å². The van der Waals surface area contributed by atoms with Crippen LogP contribution in [0.15, 0.2) is 65.1 Å². The summed E-state index contributed by atoms with van der Waals surface area (Å²) >= 11 is 3.48. The van der Waals surface area contributed by atoms with Crippen LogP contribution in [0, 0.1) is 0 Å². The summed E-state index contributed by atoms with van der Waals surface area (Å²) in [4.78, 5) is 9.23. The predicted octanol–water partition coefficient (Wildman–Crippen LogP) is 4.79. The fourth-order valence-electron chi connectivity index (χ4n) is 2.64. The molecule has 3 nitrogen and oxygen atoms in total. The molecule has 0 aliphatic carbocycles. The molecule has 22 heavy (non-hydrogen) atoms. The van der Waals surface area contributed by atoms with Crippen LogP contribution in [0.3, 0.4) is 0 Å². The minimum atomic E-state index is 0.505. The van der Waals surface area contributed by atoms with E-state index in [0.29, 0.717) is 11.6 Å². The van der Waals surface area contributed by atoms with E-state index in [1.165, 1.54) is 0 Å². The topological polar surface area (TPSA) is 51.8 Å². The van der Waals surface area contributed by atoms with Crippen molar-refractivity contribution in [3.8, 4) is 11.4 Å². The van der Waals surface area contributed by atoms with Gasteiger partial charge in [0.1, 0.15) is 5.82 Å². The lowest BCUT2D eigenvalue weighted by Crippen LogP contribution is -1.98. The van der Waals surface area contributed by atoms with Crippen molar-refractivity contribution in [1.29, 1.82) is 0 Å². The van der Waals surface area contributed by atoms with Gasteiger partial charge < -0.3 is 5.73 Å². The monoisotopic (exact) mass is 349 g/mol. The Morgan fingerprint density at radius 2 is 1.68 bits per heavy atom. The lowest BCUT2D eigenvalue weighted by atomic mass is 10.1. The molecular formula is C18H12BrN3. The number of hydrogen-bond acceptors (Lipinski definition) is 3. The number of nitrogen functional groups attached to an aromatic ring is 1. The van der Waals surface area contributed by atoms with Gasteiger partial charge in [0.2, 0.25) is 0 Å². The average molecular weight is 350 g/mol. The first-order chi connectivity index (χ1) is 10.7. The molecule has 0 unspecified atom stereocenters. The van der Waals surface area contributed by atoms with Gasteiger partial charge in [-0.2, -0.15) is 0 Å². The summed E-state index contributed by atoms with van der Waals surface area (Å²) in [5.41, 5.74) is 7.99. The van der Waals surface area contributed by atoms with Gasteiger partial charge in [-0.3, -0.25) is 0 Å². The van der Waals surface area contributed by atoms with E-state index in [0.717, 1.165) is 31.7 Å². The molecular weight excluding hydrogens is 338 g/mol. The van der Waals surface area contributed by atoms with Crippen LogP contribution >= 0.6 is 15.9 Å². The minimum Gasteiger partial charge on any atom is -0.383 e. The van der Waals surface area contributed by atoms with Gasteiger partial charge in [-0.1, -0.05) is 58.4 Å². The number of aromatic nitrogens is 2. The van der Waals surface area contributed by atoms with Crippen LogP contribution in [0.4, 0.5) is 5.82 Å². The lowest BCUT2D eigenvalue weighted by molar-refractivity contribution is 1.24. The molecule has 3 aromatic carbocycles. The Bertz CT molecular complexity index is 1010. The number of nitrogens with two attached hydrogens (primary N) is 1. The zero-order valence-electron chi connectivity index (χ0n) is 11.6. The standard InChI is InChI=1S/C18H12BrN3/c19-13-6-3-5-12(10-13)18-21-16-14-7-2-1-4-11(14)8-9-15(16)17(20)22-18/h1-10H,(H2,20,21,22). The lowest BCUT2D eigenvalue weighted by Gasteiger charge is -2.08. The van der Waals surface area contributed by atoms with E-state index in [1.54, 1.807) is 0 Å². The number of nitrogens with zero attached hydrogens (tertiary/aromatic N) is 2. The second kappa shape index (κ2) is 5.07. The largest absolute Gasteiger partial charge is 0.383 e. The number of fused-ring (bicyclic) bond motifs is 3. The molecule has 0 saturated heterocycles. The summed E-state index contributed by atoms with van der Waals surface area (Å²) in [6.45, 7) is 0. The van der Waals surface area contributed by atoms with Crippen LogP contribution in [0.5, 0.6) is 0 Å². The molecule has 0 fully saturated rings. The Balaban J connectivity index is 2.08. The fourth-order valence-corrected chi connectivity index (χ4v) is 3.04. The fraction of sp³-hybridized carbons (Fsp3) is 0. The molecule has 0 radical (unpaired) electrons. The quantitative estimate of drug-likeness (QED) is 0.502. The van der Waals surface area contributed by atoms with Gasteiger partial charge in [0.25, 0.3) is 0 Å². The zero-order chi connectivity index (χ0) is 15.1. The van der Waals surface area contributed by atoms with Crippen molar-refractivity contribution in [1.82, 2.24) is 9.97 Å². The summed E-state index contributed by atoms with van der Waals surface area (Å²) in [6.07, 6.45) is 0. The van der Waals surface area contributed by atoms with Gasteiger partial charge >= 0.3 is 0 Å². The van der Waals surface area contributed by atoms with Gasteiger partial charge in [-0.25, -0.2) is 9.97 Å². The molecule has 0 amide bonds. The van der Waals surface area contributed by atoms with Gasteiger partial charge in [-0.05, 0) is 23.6 Å². The Labute approximate surface area is 135 Å². The number of rotatable bonds is 1. The molecule has 0 saturated carbocycles. The molecule has 0 aliphatic heterocycles. The van der Waals surface area contributed by atoms with Crippen molar-refractivity contribution in [2.45, 2.75) is 0 Å². The van der Waals surface area contributed by atoms with Crippen LogP contribution < -0.4 is 5.73 Å². The second-order valence-corrected chi connectivity index (χ2v) is 6.04. The molecule has 0 aliphatic rings. The summed E-state index contributed by atoms with van der Waals surface area (Å²) in [6, 6.07) is 20.1. The SMILES string of the molecule is Nc1nc(-c2cccc(Br)c2)nc2c1ccc1ccccc12. The Morgan fingerprint density at radius 1 is 0.818 bits per heavy atom. The van der Waals surface area contributed by atoms with E-state index in [2.05, 4.69) is 39.1 Å². The molecule has 4 aromatic rings. The maximum absolute atomic E-state index is 6.16. The summed E-state index contributed by atoms with van der Waals surface area (Å²) in [7, 11) is 0. The van der Waals surface area contributed by atoms with Crippen LogP contribution in [-0.2, 0) is 0 Å². The first kappa shape index (κ1) is 13.2. The van der Waals surface area contributed by atoms with Crippen LogP contribution in [0.2, 0.25) is 0 Å². The first-order valence-electron chi connectivity index (χ1n) is 6.93. The zero-order valence-corrected chi connectivity index (χ0v) is 13.2. The highest BCUT2D eigenvalue weighted by atomic mass is 79.9. The Hall–Kier alpha value is -2.46. The molecule has 1 aromatic heterocycles. The maximum atomic E-state index is 6.16. The van der Waals surface area contributed by atoms with Crippen LogP contribution in [0.1, 0.15) is 0 Å². The van der Waals surface area contributed by atoms with E-state index in [9.17, 15) is 0 Å². The van der Waals surface area contributed by atoms with Crippen molar-refractivity contribution >= 4 is 43.4 Å². The summed E-state index contributed by atoms with van der Waals surface area (Å²) < 4.78 is 0.991. The molecule has 1 heterocycles. The van der Waals surface area contributed by atoms with Crippen molar-refractivity contribution in [3.63, 3.8) is 0 Å². The smallest absolute Gasteiger partial charge is 0.162 e. The van der Waals surface area contributed by atoms with Gasteiger partial charge in [0.05, 0.1) is 5.52 Å². The third-order valence-corrected chi connectivity index (χ3v) is 4.20. The van der Waals surface area contributed by atoms with Gasteiger partial charge in [0, 0.05) is 20.8 Å². The van der Waals surface area contributed by atoms with Crippen molar-refractivity contribution < 1.29 is 0 Å². The van der Waals surface area contributed by atoms with E-state index in [1.807, 2.05) is 42.5 Å². The Morgan fingerprint density at radius 3 is 2.55 bits per heavy atom. The average Bonchev–Trinajstić information content (AvgIpc) is 2.54. The van der Waals surface area contributed by atoms with Crippen molar-refractivity contribution in [2.24, 2.45) is 0 Å². The predicted molar refractivity (Wildman–Crippen MR) is 94.6 cm³/mol. The number of anilines is 1. The number of benzene rings is 3. The first-order valence-corrected chi connectivity index (χ1v) is 7.72. The van der Waals surface area contributed by atoms with Gasteiger partial charge in [-0.15, -0.1) is 0 Å². The molecule has 0 atom stereocenters. The highest BCUT2D eigenvalue weighted by Crippen LogP contribution is 2.29. The molecule has 2 N–H and O–H groups in total. The molecule has 4 rings (SSSR count). The second-order valence-electron chi connectivity index (χ2n) is 5.13. The van der Waals surface area contributed by atoms with Crippen molar-refractivity contribution in [3.05, 3.63) is 65.1 Å². The third kappa shape index (κ3) is 2.12. The Kier molecular flexibility index (Phi) is 3.05. The summed E-state index contributed by atoms with van der Waals surface area (Å²) in [5.74, 6) is 1.15. The van der Waals surface area contributed by atoms with Gasteiger partial charge in [0.15, 0.2) is 5.82 Å². The molecule has 106 valence electrons. The van der Waals surface area contributed by atoms with E-state index in [4.69, 9.17) is 10.7 Å². The highest BCUT2D eigenvalue weighted by molar-refractivity contribution is 9.10. The van der Waals surface area contributed by atoms with E-state index in [-0.39, 0.29) is 0 Å². The van der Waals surface area contributed by atoms with Crippen molar-refractivity contribution in [2.75, 3.05) is 5.73 Å². The number of halogens is 1. The molecule has 4 heteroatoms. The minimum absolute atomic E-state index is 0.505. The third-order valence-electron chi connectivity index (χ3n) is 3.70. The van der Waals surface area contributed by atoms with E-state index < -0.39 is 0 Å². The molecule has 0 spiro atoms. The maximum Gasteiger partial charge on any atom is 0.162 e. The molecule has 0 bridgehead atoms. The highest BCUT2D eigenvalue weighted by Gasteiger charge is 2.10. The van der Waals surface area contributed by atoms with E-state index >= 15 is 0 Å². The summed E-state index contributed by atoms with van der Waals surface area (Å²) in [5, 5.41) is 3.12. The number of hydrogen-bond donors (Lipinski definition) is 1.